The van der Waals surface area contributed by atoms with Gasteiger partial charge < -0.3 is 10.2 Å². The average Bonchev–Trinajstić information content (AvgIpc) is 2.60. The SMILES string of the molecule is CCN(C(C)=O)c1cccc(C2=CC=N/C(=C(C#N)/C=N\C)N2)c1. The highest BCUT2D eigenvalue weighted by atomic mass is 16.2. The summed E-state index contributed by atoms with van der Waals surface area (Å²) in [6.45, 7) is 4.08. The molecule has 1 aromatic rings. The molecule has 1 heterocycles. The van der Waals surface area contributed by atoms with Crippen molar-refractivity contribution in [2.75, 3.05) is 18.5 Å². The smallest absolute Gasteiger partial charge is 0.223 e. The second-order valence-electron chi connectivity index (χ2n) is 5.06. The second kappa shape index (κ2) is 7.88. The predicted molar refractivity (Wildman–Crippen MR) is 96.8 cm³/mol. The van der Waals surface area contributed by atoms with Gasteiger partial charge in [-0.3, -0.25) is 9.79 Å². The molecule has 1 aromatic carbocycles. The van der Waals surface area contributed by atoms with Gasteiger partial charge in [0.15, 0.2) is 0 Å². The molecule has 1 aliphatic heterocycles. The number of anilines is 1. The minimum atomic E-state index is -0.00620. The maximum Gasteiger partial charge on any atom is 0.223 e. The van der Waals surface area contributed by atoms with Crippen LogP contribution < -0.4 is 10.2 Å². The molecule has 1 N–H and O–H groups in total. The van der Waals surface area contributed by atoms with E-state index in [1.807, 2.05) is 37.3 Å². The number of benzene rings is 1. The molecule has 0 bridgehead atoms. The van der Waals surface area contributed by atoms with Crippen molar-refractivity contribution in [3.05, 3.63) is 47.3 Å². The molecular formula is C18H19N5O. The van der Waals surface area contributed by atoms with E-state index in [9.17, 15) is 10.1 Å². The summed E-state index contributed by atoms with van der Waals surface area (Å²) >= 11 is 0. The molecule has 0 spiro atoms. The first-order chi connectivity index (χ1) is 11.6. The summed E-state index contributed by atoms with van der Waals surface area (Å²) in [6.07, 6.45) is 4.93. The minimum Gasteiger partial charge on any atom is -0.339 e. The van der Waals surface area contributed by atoms with Crippen molar-refractivity contribution < 1.29 is 4.79 Å². The number of allylic oxidation sites excluding steroid dienone is 2. The topological polar surface area (TPSA) is 80.8 Å². The number of amides is 1. The lowest BCUT2D eigenvalue weighted by atomic mass is 10.1. The van der Waals surface area contributed by atoms with Crippen LogP contribution >= 0.6 is 0 Å². The van der Waals surface area contributed by atoms with Gasteiger partial charge in [0.25, 0.3) is 0 Å². The number of carbonyl (C=O) groups is 1. The van der Waals surface area contributed by atoms with Crippen molar-refractivity contribution in [3.63, 3.8) is 0 Å². The van der Waals surface area contributed by atoms with E-state index >= 15 is 0 Å². The largest absolute Gasteiger partial charge is 0.339 e. The fourth-order valence-electron chi connectivity index (χ4n) is 2.39. The van der Waals surface area contributed by atoms with Crippen LogP contribution in [0, 0.1) is 11.3 Å². The molecule has 122 valence electrons. The molecule has 2 rings (SSSR count). The van der Waals surface area contributed by atoms with E-state index in [0.717, 1.165) is 16.9 Å². The number of carbonyl (C=O) groups excluding carboxylic acids is 1. The standard InChI is InChI=1S/C18H19N5O/c1-4-23(13(2)24)16-7-5-6-14(10-16)17-8-9-21-18(22-17)15(11-19)12-20-3/h5-10,12,22H,4H2,1-3H3/b18-15-,20-12-. The first-order valence-corrected chi connectivity index (χ1v) is 7.57. The second-order valence-corrected chi connectivity index (χ2v) is 5.06. The van der Waals surface area contributed by atoms with Crippen molar-refractivity contribution in [2.24, 2.45) is 9.98 Å². The van der Waals surface area contributed by atoms with Gasteiger partial charge >= 0.3 is 0 Å². The number of aliphatic imine (C=N–C) groups is 2. The molecule has 0 aliphatic carbocycles. The Morgan fingerprint density at radius 2 is 2.29 bits per heavy atom. The highest BCUT2D eigenvalue weighted by Crippen LogP contribution is 2.23. The normalized spacial score (nSPS) is 15.5. The van der Waals surface area contributed by atoms with Crippen molar-refractivity contribution in [1.29, 1.82) is 5.26 Å². The molecule has 24 heavy (non-hydrogen) atoms. The molecule has 0 saturated heterocycles. The van der Waals surface area contributed by atoms with Crippen LogP contribution in [-0.4, -0.2) is 31.9 Å². The Labute approximate surface area is 141 Å². The fourth-order valence-corrected chi connectivity index (χ4v) is 2.39. The zero-order valence-electron chi connectivity index (χ0n) is 13.9. The molecule has 6 nitrogen and oxygen atoms in total. The Bertz CT molecular complexity index is 796. The fraction of sp³-hybridized carbons (Fsp3) is 0.222. The van der Waals surface area contributed by atoms with E-state index in [2.05, 4.69) is 21.4 Å². The van der Waals surface area contributed by atoms with Crippen molar-refractivity contribution in [3.8, 4) is 6.07 Å². The molecule has 0 fully saturated rings. The van der Waals surface area contributed by atoms with E-state index in [-0.39, 0.29) is 5.91 Å². The zero-order chi connectivity index (χ0) is 17.5. The molecule has 0 aromatic heterocycles. The Morgan fingerprint density at radius 1 is 1.50 bits per heavy atom. The number of hydrogen-bond donors (Lipinski definition) is 1. The molecule has 0 atom stereocenters. The summed E-state index contributed by atoms with van der Waals surface area (Å²) in [5.74, 6) is 0.443. The van der Waals surface area contributed by atoms with Gasteiger partial charge in [-0.25, -0.2) is 4.99 Å². The van der Waals surface area contributed by atoms with E-state index < -0.39 is 0 Å². The minimum absolute atomic E-state index is 0.00620. The van der Waals surface area contributed by atoms with Crippen LogP contribution in [0.25, 0.3) is 5.70 Å². The third-order valence-corrected chi connectivity index (χ3v) is 3.50. The lowest BCUT2D eigenvalue weighted by molar-refractivity contribution is -0.116. The summed E-state index contributed by atoms with van der Waals surface area (Å²) in [7, 11) is 1.60. The Balaban J connectivity index is 2.37. The molecule has 1 amide bonds. The average molecular weight is 321 g/mol. The van der Waals surface area contributed by atoms with Gasteiger partial charge in [0, 0.05) is 49.9 Å². The van der Waals surface area contributed by atoms with Crippen LogP contribution in [0.4, 0.5) is 5.69 Å². The molecule has 0 saturated carbocycles. The van der Waals surface area contributed by atoms with Gasteiger partial charge in [0.2, 0.25) is 5.91 Å². The third kappa shape index (κ3) is 3.76. The van der Waals surface area contributed by atoms with E-state index in [4.69, 9.17) is 0 Å². The number of nitriles is 1. The Hall–Kier alpha value is -3.20. The Morgan fingerprint density at radius 3 is 2.92 bits per heavy atom. The molecule has 6 heteroatoms. The van der Waals surface area contributed by atoms with Gasteiger partial charge in [0.05, 0.1) is 0 Å². The summed E-state index contributed by atoms with van der Waals surface area (Å²) in [6, 6.07) is 9.73. The summed E-state index contributed by atoms with van der Waals surface area (Å²) in [5, 5.41) is 12.3. The van der Waals surface area contributed by atoms with Gasteiger partial charge in [-0.05, 0) is 25.1 Å². The Kier molecular flexibility index (Phi) is 5.63. The number of rotatable bonds is 4. The van der Waals surface area contributed by atoms with Crippen molar-refractivity contribution in [2.45, 2.75) is 13.8 Å². The summed E-state index contributed by atoms with van der Waals surface area (Å²) < 4.78 is 0. The van der Waals surface area contributed by atoms with Crippen LogP contribution in [0.2, 0.25) is 0 Å². The monoisotopic (exact) mass is 321 g/mol. The van der Waals surface area contributed by atoms with Gasteiger partial charge in [-0.15, -0.1) is 0 Å². The highest BCUT2D eigenvalue weighted by Gasteiger charge is 2.13. The molecule has 0 unspecified atom stereocenters. The first kappa shape index (κ1) is 17.2. The summed E-state index contributed by atoms with van der Waals surface area (Å²) in [5.41, 5.74) is 2.89. The zero-order valence-corrected chi connectivity index (χ0v) is 13.9. The van der Waals surface area contributed by atoms with Crippen LogP contribution in [0.1, 0.15) is 19.4 Å². The maximum atomic E-state index is 11.7. The van der Waals surface area contributed by atoms with Crippen LogP contribution in [-0.2, 0) is 4.79 Å². The predicted octanol–water partition coefficient (Wildman–Crippen LogP) is 2.51. The third-order valence-electron chi connectivity index (χ3n) is 3.50. The quantitative estimate of drug-likeness (QED) is 0.683. The van der Waals surface area contributed by atoms with E-state index in [0.29, 0.717) is 17.9 Å². The maximum absolute atomic E-state index is 11.7. The van der Waals surface area contributed by atoms with Crippen molar-refractivity contribution in [1.82, 2.24) is 5.32 Å². The number of nitrogens with one attached hydrogen (secondary N) is 1. The summed E-state index contributed by atoms with van der Waals surface area (Å²) in [4.78, 5) is 21.5. The lowest BCUT2D eigenvalue weighted by Crippen LogP contribution is -2.28. The molecular weight excluding hydrogens is 302 g/mol. The molecule has 0 radical (unpaired) electrons. The van der Waals surface area contributed by atoms with Crippen LogP contribution in [0.3, 0.4) is 0 Å². The first-order valence-electron chi connectivity index (χ1n) is 7.57. The van der Waals surface area contributed by atoms with Crippen LogP contribution in [0.15, 0.2) is 51.7 Å². The molecule has 1 aliphatic rings. The van der Waals surface area contributed by atoms with Crippen LogP contribution in [0.5, 0.6) is 0 Å². The number of hydrogen-bond acceptors (Lipinski definition) is 5. The van der Waals surface area contributed by atoms with Gasteiger partial charge in [-0.1, -0.05) is 12.1 Å². The van der Waals surface area contributed by atoms with Crippen molar-refractivity contribution >= 4 is 29.7 Å². The van der Waals surface area contributed by atoms with Gasteiger partial charge in [-0.2, -0.15) is 5.26 Å². The number of nitrogens with zero attached hydrogens (tertiary/aromatic N) is 4. The van der Waals surface area contributed by atoms with E-state index in [1.165, 1.54) is 6.21 Å². The highest BCUT2D eigenvalue weighted by molar-refractivity contribution is 5.94. The van der Waals surface area contributed by atoms with Gasteiger partial charge in [0.1, 0.15) is 17.5 Å². The van der Waals surface area contributed by atoms with E-state index in [1.54, 1.807) is 25.1 Å². The lowest BCUT2D eigenvalue weighted by Gasteiger charge is -2.21.